The number of nitrogens with zero attached hydrogens (tertiary/aromatic N) is 5. The van der Waals surface area contributed by atoms with Gasteiger partial charge in [0.2, 0.25) is 0 Å². The Morgan fingerprint density at radius 3 is 3.00 bits per heavy atom. The highest BCUT2D eigenvalue weighted by Gasteiger charge is 2.07. The molecule has 0 saturated carbocycles. The van der Waals surface area contributed by atoms with Gasteiger partial charge in [-0.2, -0.15) is 0 Å². The maximum absolute atomic E-state index is 11.3. The minimum atomic E-state index is -2.96. The first-order valence-electron chi connectivity index (χ1n) is 5.10. The van der Waals surface area contributed by atoms with Crippen molar-refractivity contribution < 1.29 is 8.42 Å². The van der Waals surface area contributed by atoms with Crippen molar-refractivity contribution in [3.05, 3.63) is 12.1 Å². The van der Waals surface area contributed by atoms with Crippen molar-refractivity contribution in [1.82, 2.24) is 25.3 Å². The zero-order valence-electron chi connectivity index (χ0n) is 9.24. The van der Waals surface area contributed by atoms with E-state index in [-0.39, 0.29) is 11.5 Å². The average molecular weight is 256 g/mol. The minimum Gasteiger partial charge on any atom is -0.368 e. The van der Waals surface area contributed by atoms with Gasteiger partial charge >= 0.3 is 0 Å². The lowest BCUT2D eigenvalue weighted by molar-refractivity contribution is 0.597. The summed E-state index contributed by atoms with van der Waals surface area (Å²) in [7, 11) is -2.96. The van der Waals surface area contributed by atoms with Gasteiger partial charge in [-0.15, -0.1) is 14.8 Å². The lowest BCUT2D eigenvalue weighted by atomic mass is 10.5. The molecule has 0 fully saturated rings. The predicted octanol–water partition coefficient (Wildman–Crippen LogP) is -0.634. The van der Waals surface area contributed by atoms with E-state index in [1.165, 1.54) is 4.63 Å². The van der Waals surface area contributed by atoms with Crippen LogP contribution in [0.4, 0.5) is 5.82 Å². The van der Waals surface area contributed by atoms with Gasteiger partial charge in [0.05, 0.1) is 5.75 Å². The highest BCUT2D eigenvalue weighted by Crippen LogP contribution is 2.02. The molecule has 0 aliphatic rings. The number of sulfone groups is 1. The summed E-state index contributed by atoms with van der Waals surface area (Å²) in [6.45, 7) is 1.94. The average Bonchev–Trinajstić information content (AvgIpc) is 2.76. The van der Waals surface area contributed by atoms with E-state index >= 15 is 0 Å². The molecular formula is C8H12N6O2S. The molecule has 2 heterocycles. The number of rotatable bonds is 5. The normalized spacial score (nSPS) is 11.8. The Morgan fingerprint density at radius 1 is 1.41 bits per heavy atom. The smallest absolute Gasteiger partial charge is 0.200 e. The second kappa shape index (κ2) is 4.62. The summed E-state index contributed by atoms with van der Waals surface area (Å²) in [6, 6.07) is 3.40. The molecule has 2 aromatic rings. The van der Waals surface area contributed by atoms with Crippen LogP contribution in [0.25, 0.3) is 5.65 Å². The molecule has 2 aromatic heterocycles. The van der Waals surface area contributed by atoms with Gasteiger partial charge in [0.15, 0.2) is 15.5 Å². The van der Waals surface area contributed by atoms with Gasteiger partial charge < -0.3 is 5.32 Å². The first kappa shape index (κ1) is 11.7. The van der Waals surface area contributed by atoms with Gasteiger partial charge in [0, 0.05) is 12.3 Å². The molecule has 0 unspecified atom stereocenters. The second-order valence-electron chi connectivity index (χ2n) is 3.41. The highest BCUT2D eigenvalue weighted by atomic mass is 32.2. The molecule has 17 heavy (non-hydrogen) atoms. The first-order chi connectivity index (χ1) is 8.11. The molecule has 2 rings (SSSR count). The number of nitrogens with one attached hydrogen (secondary N) is 1. The summed E-state index contributed by atoms with van der Waals surface area (Å²) in [5.74, 6) is 0.767. The van der Waals surface area contributed by atoms with Crippen LogP contribution in [0.2, 0.25) is 0 Å². The molecule has 92 valence electrons. The van der Waals surface area contributed by atoms with Gasteiger partial charge in [0.1, 0.15) is 5.82 Å². The standard InChI is InChI=1S/C8H12N6O2S/c1-2-17(15,16)6-5-9-7-3-4-8-10-12-13-14(8)11-7/h3-4H,2,5-6H2,1H3,(H,9,11). The predicted molar refractivity (Wildman–Crippen MR) is 61.4 cm³/mol. The SMILES string of the molecule is CCS(=O)(=O)CCNc1ccc2nnnn2n1. The van der Waals surface area contributed by atoms with Crippen molar-refractivity contribution in [2.45, 2.75) is 6.92 Å². The largest absolute Gasteiger partial charge is 0.368 e. The van der Waals surface area contributed by atoms with Crippen molar-refractivity contribution >= 4 is 21.3 Å². The number of aromatic nitrogens is 5. The topological polar surface area (TPSA) is 102 Å². The van der Waals surface area contributed by atoms with Gasteiger partial charge in [0.25, 0.3) is 0 Å². The van der Waals surface area contributed by atoms with Gasteiger partial charge in [-0.25, -0.2) is 8.42 Å². The van der Waals surface area contributed by atoms with E-state index in [4.69, 9.17) is 0 Å². The fourth-order valence-corrected chi connectivity index (χ4v) is 1.92. The maximum Gasteiger partial charge on any atom is 0.200 e. The monoisotopic (exact) mass is 256 g/mol. The number of hydrogen-bond acceptors (Lipinski definition) is 7. The molecule has 9 heteroatoms. The molecule has 0 radical (unpaired) electrons. The third-order valence-electron chi connectivity index (χ3n) is 2.23. The lowest BCUT2D eigenvalue weighted by Gasteiger charge is -2.04. The van der Waals surface area contributed by atoms with E-state index in [1.807, 2.05) is 0 Å². The van der Waals surface area contributed by atoms with E-state index in [2.05, 4.69) is 25.9 Å². The van der Waals surface area contributed by atoms with E-state index in [0.29, 0.717) is 18.0 Å². The van der Waals surface area contributed by atoms with Crippen molar-refractivity contribution in [2.24, 2.45) is 0 Å². The minimum absolute atomic E-state index is 0.0822. The molecule has 1 N–H and O–H groups in total. The van der Waals surface area contributed by atoms with Crippen LogP contribution in [0.5, 0.6) is 0 Å². The van der Waals surface area contributed by atoms with Crippen LogP contribution in [0, 0.1) is 0 Å². The Morgan fingerprint density at radius 2 is 2.24 bits per heavy atom. The summed E-state index contributed by atoms with van der Waals surface area (Å²) in [5.41, 5.74) is 0.539. The third kappa shape index (κ3) is 2.87. The van der Waals surface area contributed by atoms with Crippen LogP contribution in [0.15, 0.2) is 12.1 Å². The van der Waals surface area contributed by atoms with Crippen LogP contribution in [-0.2, 0) is 9.84 Å². The molecule has 0 bridgehead atoms. The summed E-state index contributed by atoms with van der Waals surface area (Å²) in [5, 5.41) is 17.8. The Hall–Kier alpha value is -1.77. The van der Waals surface area contributed by atoms with Crippen molar-refractivity contribution in [3.63, 3.8) is 0 Å². The molecule has 0 saturated heterocycles. The van der Waals surface area contributed by atoms with E-state index in [1.54, 1.807) is 19.1 Å². The third-order valence-corrected chi connectivity index (χ3v) is 3.93. The van der Waals surface area contributed by atoms with Gasteiger partial charge in [-0.1, -0.05) is 6.92 Å². The molecule has 8 nitrogen and oxygen atoms in total. The summed E-state index contributed by atoms with van der Waals surface area (Å²) in [6.07, 6.45) is 0. The van der Waals surface area contributed by atoms with Crippen molar-refractivity contribution in [2.75, 3.05) is 23.4 Å². The molecule has 0 aliphatic heterocycles. The first-order valence-corrected chi connectivity index (χ1v) is 6.92. The lowest BCUT2D eigenvalue weighted by Crippen LogP contribution is -2.18. The zero-order valence-corrected chi connectivity index (χ0v) is 10.1. The van der Waals surface area contributed by atoms with Crippen LogP contribution in [0.1, 0.15) is 6.92 Å². The Bertz CT molecular complexity index is 607. The molecular weight excluding hydrogens is 244 g/mol. The molecule has 0 aliphatic carbocycles. The maximum atomic E-state index is 11.3. The van der Waals surface area contributed by atoms with E-state index < -0.39 is 9.84 Å². The zero-order chi connectivity index (χ0) is 12.3. The summed E-state index contributed by atoms with van der Waals surface area (Å²) < 4.78 is 23.8. The van der Waals surface area contributed by atoms with Crippen molar-refractivity contribution in [3.8, 4) is 0 Å². The Labute approximate surface area is 97.9 Å². The quantitative estimate of drug-likeness (QED) is 0.759. The van der Waals surface area contributed by atoms with Crippen LogP contribution >= 0.6 is 0 Å². The fourth-order valence-electron chi connectivity index (χ4n) is 1.22. The van der Waals surface area contributed by atoms with Crippen LogP contribution in [-0.4, -0.2) is 51.7 Å². The van der Waals surface area contributed by atoms with Gasteiger partial charge in [-0.3, -0.25) is 0 Å². The molecule has 0 spiro atoms. The molecule has 0 atom stereocenters. The van der Waals surface area contributed by atoms with Crippen LogP contribution in [0.3, 0.4) is 0 Å². The summed E-state index contributed by atoms with van der Waals surface area (Å²) >= 11 is 0. The van der Waals surface area contributed by atoms with Crippen LogP contribution < -0.4 is 5.32 Å². The van der Waals surface area contributed by atoms with E-state index in [9.17, 15) is 8.42 Å². The Kier molecular flexibility index (Phi) is 3.18. The number of anilines is 1. The van der Waals surface area contributed by atoms with Crippen molar-refractivity contribution in [1.29, 1.82) is 0 Å². The highest BCUT2D eigenvalue weighted by molar-refractivity contribution is 7.91. The van der Waals surface area contributed by atoms with Gasteiger partial charge in [-0.05, 0) is 22.6 Å². The molecule has 0 amide bonds. The summed E-state index contributed by atoms with van der Waals surface area (Å²) in [4.78, 5) is 0. The van der Waals surface area contributed by atoms with E-state index in [0.717, 1.165) is 0 Å². The number of fused-ring (bicyclic) bond motifs is 1. The number of hydrogen-bond donors (Lipinski definition) is 1. The molecule has 0 aromatic carbocycles. The second-order valence-corrected chi connectivity index (χ2v) is 5.88. The fraction of sp³-hybridized carbons (Fsp3) is 0.500. The Balaban J connectivity index is 1.99. The number of tetrazole rings is 1.